The first kappa shape index (κ1) is 23.2. The molecule has 0 radical (unpaired) electrons. The molecule has 0 aliphatic heterocycles. The van der Waals surface area contributed by atoms with Crippen molar-refractivity contribution >= 4 is 28.7 Å². The van der Waals surface area contributed by atoms with E-state index >= 15 is 0 Å². The Morgan fingerprint density at radius 1 is 1.03 bits per heavy atom. The summed E-state index contributed by atoms with van der Waals surface area (Å²) in [6.45, 7) is 2.28. The van der Waals surface area contributed by atoms with Crippen molar-refractivity contribution in [2.45, 2.75) is 6.92 Å². The molecule has 0 aliphatic carbocycles. The number of nitrogens with zero attached hydrogens (tertiary/aromatic N) is 1. The van der Waals surface area contributed by atoms with Gasteiger partial charge in [0.15, 0.2) is 11.5 Å². The second-order valence-electron chi connectivity index (χ2n) is 7.18. The lowest BCUT2D eigenvalue weighted by Gasteiger charge is -2.11. The minimum Gasteiger partial charge on any atom is -0.490 e. The zero-order chi connectivity index (χ0) is 24.8. The van der Waals surface area contributed by atoms with Crippen LogP contribution in [0, 0.1) is 10.1 Å². The van der Waals surface area contributed by atoms with Crippen molar-refractivity contribution in [1.82, 2.24) is 0 Å². The lowest BCUT2D eigenvalue weighted by Crippen LogP contribution is -2.07. The van der Waals surface area contributed by atoms with Crippen LogP contribution in [-0.4, -0.2) is 17.5 Å². The third-order valence-electron chi connectivity index (χ3n) is 4.79. The first-order valence-electron chi connectivity index (χ1n) is 10.5. The Morgan fingerprint density at radius 3 is 2.60 bits per heavy atom. The summed E-state index contributed by atoms with van der Waals surface area (Å²) in [7, 11) is 0. The van der Waals surface area contributed by atoms with E-state index in [0.717, 1.165) is 6.08 Å². The summed E-state index contributed by atoms with van der Waals surface area (Å²) >= 11 is 0. The third kappa shape index (κ3) is 5.53. The van der Waals surface area contributed by atoms with Gasteiger partial charge in [0.2, 0.25) is 11.2 Å². The van der Waals surface area contributed by atoms with Gasteiger partial charge >= 0.3 is 5.97 Å². The molecule has 0 amide bonds. The van der Waals surface area contributed by atoms with E-state index in [0.29, 0.717) is 23.7 Å². The third-order valence-corrected chi connectivity index (χ3v) is 4.79. The Labute approximate surface area is 198 Å². The number of hydrogen-bond donors (Lipinski definition) is 0. The molecular weight excluding hydrogens is 454 g/mol. The van der Waals surface area contributed by atoms with Gasteiger partial charge in [0, 0.05) is 24.3 Å². The summed E-state index contributed by atoms with van der Waals surface area (Å²) in [6.07, 6.45) is 3.73. The first-order chi connectivity index (χ1) is 16.9. The molecule has 35 heavy (non-hydrogen) atoms. The number of carbonyl (C=O) groups is 1. The number of rotatable bonds is 8. The van der Waals surface area contributed by atoms with Crippen LogP contribution in [-0.2, 0) is 4.79 Å². The highest BCUT2D eigenvalue weighted by Crippen LogP contribution is 2.31. The molecule has 0 saturated heterocycles. The molecule has 4 rings (SSSR count). The van der Waals surface area contributed by atoms with Crippen LogP contribution in [0.15, 0.2) is 88.3 Å². The molecule has 0 aliphatic rings. The van der Waals surface area contributed by atoms with Gasteiger partial charge in [0.25, 0.3) is 5.69 Å². The van der Waals surface area contributed by atoms with E-state index in [4.69, 9.17) is 18.6 Å². The second kappa shape index (κ2) is 10.3. The number of benzene rings is 3. The molecular formula is C26H19NO8. The fourth-order valence-electron chi connectivity index (χ4n) is 3.21. The lowest BCUT2D eigenvalue weighted by atomic mass is 10.2. The summed E-state index contributed by atoms with van der Waals surface area (Å²) in [5.41, 5.74) is 0.184. The van der Waals surface area contributed by atoms with Crippen molar-refractivity contribution in [2.24, 2.45) is 0 Å². The summed E-state index contributed by atoms with van der Waals surface area (Å²) in [5, 5.41) is 11.1. The fraction of sp³-hybridized carbons (Fsp3) is 0.0769. The Kier molecular flexibility index (Phi) is 6.87. The molecule has 0 atom stereocenters. The van der Waals surface area contributed by atoms with Crippen LogP contribution in [0.1, 0.15) is 12.5 Å². The molecule has 9 heteroatoms. The number of ether oxygens (including phenoxy) is 3. The van der Waals surface area contributed by atoms with Gasteiger partial charge in [-0.3, -0.25) is 14.9 Å². The van der Waals surface area contributed by atoms with Gasteiger partial charge in [-0.05, 0) is 42.8 Å². The van der Waals surface area contributed by atoms with Crippen LogP contribution in [0.25, 0.3) is 17.0 Å². The molecule has 0 bridgehead atoms. The Morgan fingerprint density at radius 2 is 1.83 bits per heavy atom. The Bertz CT molecular complexity index is 1490. The van der Waals surface area contributed by atoms with Crippen molar-refractivity contribution in [1.29, 1.82) is 0 Å². The summed E-state index contributed by atoms with van der Waals surface area (Å²) < 4.78 is 22.0. The van der Waals surface area contributed by atoms with Crippen LogP contribution in [0.3, 0.4) is 0 Å². The van der Waals surface area contributed by atoms with E-state index in [1.165, 1.54) is 48.7 Å². The SMILES string of the molecule is CCOc1ccccc1Oc1coc2cc(OC(=O)C=Cc3cccc([N+](=O)[O-])c3)ccc2c1=O. The maximum absolute atomic E-state index is 12.9. The average Bonchev–Trinajstić information content (AvgIpc) is 2.86. The van der Waals surface area contributed by atoms with E-state index in [-0.39, 0.29) is 28.2 Å². The second-order valence-corrected chi connectivity index (χ2v) is 7.18. The highest BCUT2D eigenvalue weighted by atomic mass is 16.6. The number of non-ortho nitro benzene ring substituents is 1. The van der Waals surface area contributed by atoms with Gasteiger partial charge in [-0.1, -0.05) is 24.3 Å². The number of fused-ring (bicyclic) bond motifs is 1. The zero-order valence-electron chi connectivity index (χ0n) is 18.5. The quantitative estimate of drug-likeness (QED) is 0.108. The van der Waals surface area contributed by atoms with Crippen molar-refractivity contribution < 1.29 is 28.3 Å². The molecule has 9 nitrogen and oxygen atoms in total. The summed E-state index contributed by atoms with van der Waals surface area (Å²) in [6, 6.07) is 17.1. The molecule has 3 aromatic carbocycles. The Hall–Kier alpha value is -4.92. The number of carbonyl (C=O) groups excluding carboxylic acids is 1. The predicted octanol–water partition coefficient (Wildman–Crippen LogP) is 5.51. The minimum absolute atomic E-state index is 0.0192. The minimum atomic E-state index is -0.703. The topological polar surface area (TPSA) is 118 Å². The highest BCUT2D eigenvalue weighted by Gasteiger charge is 2.13. The summed E-state index contributed by atoms with van der Waals surface area (Å²) in [4.78, 5) is 35.4. The van der Waals surface area contributed by atoms with Crippen LogP contribution < -0.4 is 19.6 Å². The Balaban J connectivity index is 1.50. The van der Waals surface area contributed by atoms with Gasteiger partial charge in [0.05, 0.1) is 16.9 Å². The summed E-state index contributed by atoms with van der Waals surface area (Å²) in [5.74, 6) is 0.307. The maximum atomic E-state index is 12.9. The van der Waals surface area contributed by atoms with Crippen molar-refractivity contribution in [3.8, 4) is 23.0 Å². The number of nitro benzene ring substituents is 1. The van der Waals surface area contributed by atoms with E-state index < -0.39 is 16.3 Å². The average molecular weight is 473 g/mol. The fourth-order valence-corrected chi connectivity index (χ4v) is 3.21. The van der Waals surface area contributed by atoms with Crippen LogP contribution in [0.2, 0.25) is 0 Å². The molecule has 0 N–H and O–H groups in total. The molecule has 176 valence electrons. The molecule has 0 saturated carbocycles. The molecule has 1 aromatic heterocycles. The number of hydrogen-bond acceptors (Lipinski definition) is 8. The van der Waals surface area contributed by atoms with Crippen molar-refractivity contribution in [2.75, 3.05) is 6.61 Å². The van der Waals surface area contributed by atoms with Crippen molar-refractivity contribution in [3.63, 3.8) is 0 Å². The maximum Gasteiger partial charge on any atom is 0.336 e. The zero-order valence-corrected chi connectivity index (χ0v) is 18.5. The predicted molar refractivity (Wildman–Crippen MR) is 128 cm³/mol. The van der Waals surface area contributed by atoms with Crippen LogP contribution in [0.5, 0.6) is 23.0 Å². The molecule has 4 aromatic rings. The van der Waals surface area contributed by atoms with E-state index in [2.05, 4.69) is 0 Å². The van der Waals surface area contributed by atoms with Crippen molar-refractivity contribution in [3.05, 3.63) is 105 Å². The lowest BCUT2D eigenvalue weighted by molar-refractivity contribution is -0.384. The normalized spacial score (nSPS) is 10.9. The van der Waals surface area contributed by atoms with E-state index in [9.17, 15) is 19.7 Å². The molecule has 0 fully saturated rings. The standard InChI is InChI=1S/C26H19NO8/c1-2-32-21-8-3-4-9-22(21)35-24-16-33-23-15-19(11-12-20(23)26(24)29)34-25(28)13-10-17-6-5-7-18(14-17)27(30)31/h3-16H,2H2,1H3. The van der Waals surface area contributed by atoms with E-state index in [1.807, 2.05) is 6.92 Å². The molecule has 1 heterocycles. The van der Waals surface area contributed by atoms with Gasteiger partial charge in [-0.2, -0.15) is 0 Å². The van der Waals surface area contributed by atoms with E-state index in [1.54, 1.807) is 30.3 Å². The smallest absolute Gasteiger partial charge is 0.336 e. The van der Waals surface area contributed by atoms with Crippen LogP contribution >= 0.6 is 0 Å². The van der Waals surface area contributed by atoms with Gasteiger partial charge in [-0.25, -0.2) is 4.79 Å². The van der Waals surface area contributed by atoms with Crippen LogP contribution in [0.4, 0.5) is 5.69 Å². The van der Waals surface area contributed by atoms with Gasteiger partial charge in [-0.15, -0.1) is 0 Å². The van der Waals surface area contributed by atoms with Gasteiger partial charge in [0.1, 0.15) is 17.6 Å². The number of para-hydroxylation sites is 2. The first-order valence-corrected chi connectivity index (χ1v) is 10.5. The monoisotopic (exact) mass is 473 g/mol. The highest BCUT2D eigenvalue weighted by molar-refractivity contribution is 5.89. The largest absolute Gasteiger partial charge is 0.490 e. The van der Waals surface area contributed by atoms with Gasteiger partial charge < -0.3 is 18.6 Å². The number of nitro groups is 1. The molecule has 0 unspecified atom stereocenters. The number of esters is 1. The molecule has 0 spiro atoms.